The number of amides is 1. The standard InChI is InChI=1S/C22H26ClN3O2/c1-22(2)13-15-10-16(23)12-18(21(24)27)19(15)25-20(22)14-4-3-5-17(11-14)26-6-8-28-9-7-26/h3-5,10-12,20,25H,6-9,13H2,1-2H3,(H2,24,27). The fourth-order valence-electron chi connectivity index (χ4n) is 4.36. The molecule has 0 bridgehead atoms. The van der Waals surface area contributed by atoms with Crippen molar-refractivity contribution in [1.82, 2.24) is 0 Å². The van der Waals surface area contributed by atoms with E-state index in [-0.39, 0.29) is 11.5 Å². The van der Waals surface area contributed by atoms with Crippen molar-refractivity contribution >= 4 is 28.9 Å². The number of nitrogens with zero attached hydrogens (tertiary/aromatic N) is 1. The SMILES string of the molecule is CC1(C)Cc2cc(Cl)cc(C(N)=O)c2NC1c1cccc(N2CCOCC2)c1. The number of halogens is 1. The lowest BCUT2D eigenvalue weighted by Crippen LogP contribution is -2.37. The Bertz CT molecular complexity index is 907. The minimum Gasteiger partial charge on any atom is -0.378 e. The second kappa shape index (κ2) is 7.30. The van der Waals surface area contributed by atoms with Crippen LogP contribution in [-0.2, 0) is 11.2 Å². The van der Waals surface area contributed by atoms with E-state index in [1.54, 1.807) is 6.07 Å². The van der Waals surface area contributed by atoms with Crippen LogP contribution in [0.3, 0.4) is 0 Å². The molecule has 2 aromatic rings. The third-order valence-corrected chi connectivity index (χ3v) is 5.96. The van der Waals surface area contributed by atoms with Crippen LogP contribution < -0.4 is 16.0 Å². The summed E-state index contributed by atoms with van der Waals surface area (Å²) in [6, 6.07) is 12.3. The van der Waals surface area contributed by atoms with Crippen LogP contribution in [0.2, 0.25) is 5.02 Å². The number of carbonyl (C=O) groups is 1. The second-order valence-corrected chi connectivity index (χ2v) is 8.73. The van der Waals surface area contributed by atoms with Crippen LogP contribution in [0.15, 0.2) is 36.4 Å². The van der Waals surface area contributed by atoms with Crippen LogP contribution in [0.1, 0.15) is 41.4 Å². The average Bonchev–Trinajstić information content (AvgIpc) is 2.66. The molecule has 0 spiro atoms. The second-order valence-electron chi connectivity index (χ2n) is 8.29. The summed E-state index contributed by atoms with van der Waals surface area (Å²) < 4.78 is 5.48. The first-order valence-corrected chi connectivity index (χ1v) is 10.0. The number of carbonyl (C=O) groups excluding carboxylic acids is 1. The quantitative estimate of drug-likeness (QED) is 0.818. The highest BCUT2D eigenvalue weighted by Gasteiger charge is 2.37. The van der Waals surface area contributed by atoms with Gasteiger partial charge in [-0.15, -0.1) is 0 Å². The fourth-order valence-corrected chi connectivity index (χ4v) is 4.60. The lowest BCUT2D eigenvalue weighted by Gasteiger charge is -2.42. The summed E-state index contributed by atoms with van der Waals surface area (Å²) in [6.07, 6.45) is 0.808. The van der Waals surface area contributed by atoms with Gasteiger partial charge >= 0.3 is 0 Å². The Labute approximate surface area is 170 Å². The van der Waals surface area contributed by atoms with E-state index in [1.807, 2.05) is 6.07 Å². The van der Waals surface area contributed by atoms with Crippen LogP contribution in [0.4, 0.5) is 11.4 Å². The molecule has 2 aromatic carbocycles. The Hall–Kier alpha value is -2.24. The molecule has 5 nitrogen and oxygen atoms in total. The minimum atomic E-state index is -0.466. The molecule has 3 N–H and O–H groups in total. The van der Waals surface area contributed by atoms with E-state index >= 15 is 0 Å². The normalized spacial score (nSPS) is 21.0. The number of fused-ring (bicyclic) bond motifs is 1. The zero-order valence-electron chi connectivity index (χ0n) is 16.3. The summed E-state index contributed by atoms with van der Waals surface area (Å²) in [7, 11) is 0. The fraction of sp³-hybridized carbons (Fsp3) is 0.409. The summed E-state index contributed by atoms with van der Waals surface area (Å²) in [4.78, 5) is 14.3. The van der Waals surface area contributed by atoms with E-state index in [4.69, 9.17) is 22.1 Å². The molecule has 2 heterocycles. The number of rotatable bonds is 3. The topological polar surface area (TPSA) is 67.6 Å². The van der Waals surface area contributed by atoms with E-state index in [1.165, 1.54) is 11.3 Å². The van der Waals surface area contributed by atoms with Crippen molar-refractivity contribution in [3.63, 3.8) is 0 Å². The number of morpholine rings is 1. The van der Waals surface area contributed by atoms with Crippen molar-refractivity contribution in [2.24, 2.45) is 11.1 Å². The molecule has 0 saturated carbocycles. The first kappa shape index (κ1) is 19.1. The molecule has 2 aliphatic rings. The van der Waals surface area contributed by atoms with Gasteiger partial charge < -0.3 is 20.7 Å². The number of anilines is 2. The van der Waals surface area contributed by atoms with Gasteiger partial charge in [0, 0.05) is 23.8 Å². The van der Waals surface area contributed by atoms with E-state index in [0.717, 1.165) is 44.0 Å². The summed E-state index contributed by atoms with van der Waals surface area (Å²) >= 11 is 6.23. The molecule has 148 valence electrons. The van der Waals surface area contributed by atoms with Gasteiger partial charge in [0.1, 0.15) is 0 Å². The number of hydrogen-bond donors (Lipinski definition) is 2. The molecule has 1 amide bonds. The molecule has 28 heavy (non-hydrogen) atoms. The lowest BCUT2D eigenvalue weighted by molar-refractivity contribution is 0.100. The minimum absolute atomic E-state index is 0.0558. The van der Waals surface area contributed by atoms with Gasteiger partial charge in [-0.3, -0.25) is 4.79 Å². The maximum absolute atomic E-state index is 12.0. The maximum atomic E-state index is 12.0. The van der Waals surface area contributed by atoms with Crippen LogP contribution in [-0.4, -0.2) is 32.2 Å². The van der Waals surface area contributed by atoms with E-state index in [9.17, 15) is 4.79 Å². The van der Waals surface area contributed by atoms with Gasteiger partial charge in [0.15, 0.2) is 0 Å². The number of nitrogens with two attached hydrogens (primary N) is 1. The maximum Gasteiger partial charge on any atom is 0.250 e. The first-order chi connectivity index (χ1) is 13.3. The van der Waals surface area contributed by atoms with Crippen molar-refractivity contribution in [2.75, 3.05) is 36.5 Å². The Balaban J connectivity index is 1.72. The van der Waals surface area contributed by atoms with Gasteiger partial charge in [-0.25, -0.2) is 0 Å². The van der Waals surface area contributed by atoms with Gasteiger partial charge in [-0.2, -0.15) is 0 Å². The number of nitrogens with one attached hydrogen (secondary N) is 1. The van der Waals surface area contributed by atoms with Crippen LogP contribution in [0, 0.1) is 5.41 Å². The molecule has 2 aliphatic heterocycles. The van der Waals surface area contributed by atoms with Crippen molar-refractivity contribution < 1.29 is 9.53 Å². The molecule has 1 atom stereocenters. The highest BCUT2D eigenvalue weighted by molar-refractivity contribution is 6.31. The molecule has 6 heteroatoms. The van der Waals surface area contributed by atoms with Gasteiger partial charge in [0.2, 0.25) is 0 Å². The van der Waals surface area contributed by atoms with Crippen LogP contribution >= 0.6 is 11.6 Å². The predicted molar refractivity (Wildman–Crippen MR) is 113 cm³/mol. The number of hydrogen-bond acceptors (Lipinski definition) is 4. The van der Waals surface area contributed by atoms with Gasteiger partial charge in [-0.05, 0) is 47.2 Å². The Morgan fingerprint density at radius 3 is 2.71 bits per heavy atom. The molecular formula is C22H26ClN3O2. The first-order valence-electron chi connectivity index (χ1n) is 9.66. The van der Waals surface area contributed by atoms with Gasteiger partial charge in [-0.1, -0.05) is 37.6 Å². The van der Waals surface area contributed by atoms with Gasteiger partial charge in [0.05, 0.1) is 30.5 Å². The van der Waals surface area contributed by atoms with Crippen molar-refractivity contribution in [3.8, 4) is 0 Å². The molecule has 0 aliphatic carbocycles. The molecule has 1 saturated heterocycles. The van der Waals surface area contributed by atoms with Crippen molar-refractivity contribution in [3.05, 3.63) is 58.1 Å². The Morgan fingerprint density at radius 1 is 1.25 bits per heavy atom. The zero-order chi connectivity index (χ0) is 19.9. The molecular weight excluding hydrogens is 374 g/mol. The van der Waals surface area contributed by atoms with Crippen LogP contribution in [0.25, 0.3) is 0 Å². The molecule has 0 aromatic heterocycles. The number of primary amides is 1. The van der Waals surface area contributed by atoms with E-state index in [2.05, 4.69) is 48.3 Å². The smallest absolute Gasteiger partial charge is 0.250 e. The third-order valence-electron chi connectivity index (χ3n) is 5.75. The monoisotopic (exact) mass is 399 g/mol. The Morgan fingerprint density at radius 2 is 2.00 bits per heavy atom. The summed E-state index contributed by atoms with van der Waals surface area (Å²) in [6.45, 7) is 7.79. The largest absolute Gasteiger partial charge is 0.378 e. The predicted octanol–water partition coefficient (Wildman–Crippen LogP) is 4.01. The summed E-state index contributed by atoms with van der Waals surface area (Å²) in [5.41, 5.74) is 10.3. The van der Waals surface area contributed by atoms with Crippen molar-refractivity contribution in [1.29, 1.82) is 0 Å². The number of ether oxygens (including phenoxy) is 1. The van der Waals surface area contributed by atoms with Gasteiger partial charge in [0.25, 0.3) is 5.91 Å². The lowest BCUT2D eigenvalue weighted by atomic mass is 9.72. The number of benzene rings is 2. The van der Waals surface area contributed by atoms with E-state index < -0.39 is 5.91 Å². The molecule has 0 radical (unpaired) electrons. The average molecular weight is 400 g/mol. The zero-order valence-corrected chi connectivity index (χ0v) is 17.1. The van der Waals surface area contributed by atoms with Crippen molar-refractivity contribution in [2.45, 2.75) is 26.3 Å². The summed E-state index contributed by atoms with van der Waals surface area (Å²) in [5, 5.41) is 4.15. The van der Waals surface area contributed by atoms with Crippen LogP contribution in [0.5, 0.6) is 0 Å². The molecule has 1 unspecified atom stereocenters. The van der Waals surface area contributed by atoms with E-state index in [0.29, 0.717) is 10.6 Å². The summed E-state index contributed by atoms with van der Waals surface area (Å²) in [5.74, 6) is -0.466. The molecule has 1 fully saturated rings. The highest BCUT2D eigenvalue weighted by Crippen LogP contribution is 2.47. The molecule has 4 rings (SSSR count). The third kappa shape index (κ3) is 3.56. The highest BCUT2D eigenvalue weighted by atomic mass is 35.5. The Kier molecular flexibility index (Phi) is 4.98.